The van der Waals surface area contributed by atoms with Crippen molar-refractivity contribution in [2.24, 2.45) is 4.99 Å². The van der Waals surface area contributed by atoms with Crippen molar-refractivity contribution in [3.05, 3.63) is 89.1 Å². The molecule has 0 aliphatic carbocycles. The summed E-state index contributed by atoms with van der Waals surface area (Å²) >= 11 is 5.95. The van der Waals surface area contributed by atoms with Gasteiger partial charge in [0.2, 0.25) is 0 Å². The lowest BCUT2D eigenvalue weighted by Gasteiger charge is -2.01. The Bertz CT molecular complexity index is 1050. The molecule has 4 rings (SSSR count). The highest BCUT2D eigenvalue weighted by atomic mass is 35.5. The monoisotopic (exact) mass is 345 g/mol. The zero-order valence-corrected chi connectivity index (χ0v) is 14.5. The molecule has 0 aliphatic rings. The third-order valence-corrected chi connectivity index (χ3v) is 4.26. The van der Waals surface area contributed by atoms with Gasteiger partial charge in [-0.05, 0) is 42.3 Å². The number of nitrogens with zero attached hydrogens (tertiary/aromatic N) is 3. The average molecular weight is 346 g/mol. The summed E-state index contributed by atoms with van der Waals surface area (Å²) in [6.07, 6.45) is 3.85. The number of hydrogen-bond acceptors (Lipinski definition) is 2. The van der Waals surface area contributed by atoms with Crippen molar-refractivity contribution in [3.8, 4) is 11.3 Å². The Hall–Kier alpha value is -2.91. The van der Waals surface area contributed by atoms with Gasteiger partial charge >= 0.3 is 0 Å². The molecular weight excluding hydrogens is 330 g/mol. The fourth-order valence-electron chi connectivity index (χ4n) is 2.73. The maximum atomic E-state index is 5.95. The molecule has 0 amide bonds. The summed E-state index contributed by atoms with van der Waals surface area (Å²) in [5.74, 6) is 0.816. The molecule has 0 radical (unpaired) electrons. The number of aliphatic imine (C=N–C) groups is 1. The highest BCUT2D eigenvalue weighted by Gasteiger charge is 2.13. The van der Waals surface area contributed by atoms with Gasteiger partial charge < -0.3 is 0 Å². The van der Waals surface area contributed by atoms with E-state index in [-0.39, 0.29) is 0 Å². The first-order valence-corrected chi connectivity index (χ1v) is 8.42. The smallest absolute Gasteiger partial charge is 0.165 e. The number of halogens is 1. The number of pyridine rings is 1. The van der Waals surface area contributed by atoms with Crippen molar-refractivity contribution in [1.29, 1.82) is 0 Å². The molecule has 4 aromatic rings. The zero-order valence-electron chi connectivity index (χ0n) is 13.7. The summed E-state index contributed by atoms with van der Waals surface area (Å²) in [6.45, 7) is 2.06. The maximum Gasteiger partial charge on any atom is 0.165 e. The summed E-state index contributed by atoms with van der Waals surface area (Å²) in [5, 5.41) is 0.715. The number of hydrogen-bond donors (Lipinski definition) is 0. The second-order valence-corrected chi connectivity index (χ2v) is 6.33. The van der Waals surface area contributed by atoms with Crippen molar-refractivity contribution in [2.75, 3.05) is 0 Å². The zero-order chi connectivity index (χ0) is 17.2. The SMILES string of the molecule is Cc1ccn2c(N=Cc3ccc(Cl)cc3)c(-c3ccccc3)nc2c1. The molecule has 122 valence electrons. The molecule has 0 fully saturated rings. The first-order chi connectivity index (χ1) is 12.2. The molecule has 0 saturated carbocycles. The number of aryl methyl sites for hydroxylation is 1. The van der Waals surface area contributed by atoms with Crippen molar-refractivity contribution in [2.45, 2.75) is 6.92 Å². The number of rotatable bonds is 3. The molecule has 0 atom stereocenters. The molecule has 2 aromatic carbocycles. The second-order valence-electron chi connectivity index (χ2n) is 5.89. The molecule has 3 nitrogen and oxygen atoms in total. The molecule has 2 aromatic heterocycles. The second kappa shape index (κ2) is 6.54. The summed E-state index contributed by atoms with van der Waals surface area (Å²) in [5.41, 5.74) is 4.97. The lowest BCUT2D eigenvalue weighted by atomic mass is 10.1. The van der Waals surface area contributed by atoms with Crippen LogP contribution in [0.5, 0.6) is 0 Å². The summed E-state index contributed by atoms with van der Waals surface area (Å²) in [7, 11) is 0. The van der Waals surface area contributed by atoms with Crippen LogP contribution < -0.4 is 0 Å². The predicted octanol–water partition coefficient (Wildman–Crippen LogP) is 5.71. The average Bonchev–Trinajstić information content (AvgIpc) is 2.99. The van der Waals surface area contributed by atoms with E-state index in [0.717, 1.165) is 28.3 Å². The molecule has 0 unspecified atom stereocenters. The van der Waals surface area contributed by atoms with Gasteiger partial charge in [0.15, 0.2) is 5.82 Å². The first-order valence-electron chi connectivity index (χ1n) is 8.04. The highest BCUT2D eigenvalue weighted by molar-refractivity contribution is 6.30. The van der Waals surface area contributed by atoms with Gasteiger partial charge in [-0.15, -0.1) is 0 Å². The third kappa shape index (κ3) is 3.19. The Balaban J connectivity index is 1.87. The van der Waals surface area contributed by atoms with E-state index in [1.165, 1.54) is 5.56 Å². The Morgan fingerprint density at radius 3 is 2.52 bits per heavy atom. The first kappa shape index (κ1) is 15.6. The molecule has 0 bridgehead atoms. The fraction of sp³-hybridized carbons (Fsp3) is 0.0476. The van der Waals surface area contributed by atoms with Crippen LogP contribution in [0.3, 0.4) is 0 Å². The highest BCUT2D eigenvalue weighted by Crippen LogP contribution is 2.31. The lowest BCUT2D eigenvalue weighted by Crippen LogP contribution is -1.86. The number of fused-ring (bicyclic) bond motifs is 1. The number of benzene rings is 2. The largest absolute Gasteiger partial charge is 0.284 e. The topological polar surface area (TPSA) is 29.7 Å². The third-order valence-electron chi connectivity index (χ3n) is 4.01. The Kier molecular flexibility index (Phi) is 4.08. The van der Waals surface area contributed by atoms with E-state index in [1.807, 2.05) is 59.3 Å². The van der Waals surface area contributed by atoms with E-state index in [1.54, 1.807) is 0 Å². The quantitative estimate of drug-likeness (QED) is 0.437. The van der Waals surface area contributed by atoms with Crippen molar-refractivity contribution in [3.63, 3.8) is 0 Å². The van der Waals surface area contributed by atoms with Crippen LogP contribution in [-0.4, -0.2) is 15.6 Å². The maximum absolute atomic E-state index is 5.95. The van der Waals surface area contributed by atoms with E-state index < -0.39 is 0 Å². The van der Waals surface area contributed by atoms with Gasteiger partial charge in [0.05, 0.1) is 0 Å². The van der Waals surface area contributed by atoms with Crippen molar-refractivity contribution < 1.29 is 0 Å². The fourth-order valence-corrected chi connectivity index (χ4v) is 2.86. The van der Waals surface area contributed by atoms with Crippen LogP contribution in [0.1, 0.15) is 11.1 Å². The van der Waals surface area contributed by atoms with Crippen LogP contribution in [0.4, 0.5) is 5.82 Å². The van der Waals surface area contributed by atoms with E-state index in [2.05, 4.69) is 31.2 Å². The van der Waals surface area contributed by atoms with E-state index >= 15 is 0 Å². The van der Waals surface area contributed by atoms with Crippen molar-refractivity contribution >= 4 is 29.3 Å². The molecule has 0 spiro atoms. The Morgan fingerprint density at radius 1 is 1.00 bits per heavy atom. The standard InChI is InChI=1S/C21H16ClN3/c1-15-11-12-25-19(13-15)24-20(17-5-3-2-4-6-17)21(25)23-14-16-7-9-18(22)10-8-16/h2-14H,1H3. The molecule has 2 heterocycles. The van der Waals surface area contributed by atoms with Gasteiger partial charge in [-0.25, -0.2) is 9.98 Å². The van der Waals surface area contributed by atoms with Crippen LogP contribution >= 0.6 is 11.6 Å². The van der Waals surface area contributed by atoms with Crippen molar-refractivity contribution in [1.82, 2.24) is 9.38 Å². The van der Waals surface area contributed by atoms with Gasteiger partial charge in [0, 0.05) is 23.0 Å². The van der Waals surface area contributed by atoms with Crippen LogP contribution in [0, 0.1) is 6.92 Å². The molecule has 0 N–H and O–H groups in total. The summed E-state index contributed by atoms with van der Waals surface area (Å²) in [4.78, 5) is 9.53. The molecular formula is C21H16ClN3. The van der Waals surface area contributed by atoms with Gasteiger partial charge in [0.25, 0.3) is 0 Å². The van der Waals surface area contributed by atoms with Crippen LogP contribution in [0.2, 0.25) is 5.02 Å². The Morgan fingerprint density at radius 2 is 1.76 bits per heavy atom. The van der Waals surface area contributed by atoms with Crippen LogP contribution in [0.25, 0.3) is 16.9 Å². The minimum Gasteiger partial charge on any atom is -0.284 e. The van der Waals surface area contributed by atoms with Gasteiger partial charge in [-0.3, -0.25) is 4.40 Å². The molecule has 0 saturated heterocycles. The van der Waals surface area contributed by atoms with E-state index in [9.17, 15) is 0 Å². The molecule has 25 heavy (non-hydrogen) atoms. The van der Waals surface area contributed by atoms with E-state index in [0.29, 0.717) is 5.02 Å². The Labute approximate surface area is 151 Å². The lowest BCUT2D eigenvalue weighted by molar-refractivity contribution is 1.15. The van der Waals surface area contributed by atoms with Crippen LogP contribution in [-0.2, 0) is 0 Å². The number of imidazole rings is 1. The predicted molar refractivity (Wildman–Crippen MR) is 104 cm³/mol. The number of aromatic nitrogens is 2. The minimum absolute atomic E-state index is 0.715. The summed E-state index contributed by atoms with van der Waals surface area (Å²) < 4.78 is 2.02. The van der Waals surface area contributed by atoms with Gasteiger partial charge in [0.1, 0.15) is 11.3 Å². The molecule has 0 aliphatic heterocycles. The minimum atomic E-state index is 0.715. The van der Waals surface area contributed by atoms with Crippen LogP contribution in [0.15, 0.2) is 77.9 Å². The normalized spacial score (nSPS) is 11.4. The van der Waals surface area contributed by atoms with Gasteiger partial charge in [-0.2, -0.15) is 0 Å². The molecule has 4 heteroatoms. The van der Waals surface area contributed by atoms with E-state index in [4.69, 9.17) is 21.6 Å². The summed E-state index contributed by atoms with van der Waals surface area (Å²) in [6, 6.07) is 21.9. The van der Waals surface area contributed by atoms with Gasteiger partial charge in [-0.1, -0.05) is 54.1 Å².